The summed E-state index contributed by atoms with van der Waals surface area (Å²) in [6.07, 6.45) is 0.196. The molecule has 29 heavy (non-hydrogen) atoms. The first kappa shape index (κ1) is 22.4. The lowest BCUT2D eigenvalue weighted by Gasteiger charge is -2.51. The maximum atomic E-state index is 12.9. The SMILES string of the molecule is CC(C)(C)OC(=O)C1=C(CBr)C(Br)S[C@H]2C(NC(=O)Cc3ccccc3)C(=O)N12. The van der Waals surface area contributed by atoms with Gasteiger partial charge in [-0.3, -0.25) is 14.5 Å². The van der Waals surface area contributed by atoms with Crippen LogP contribution < -0.4 is 5.32 Å². The third-order valence-corrected chi connectivity index (χ3v) is 7.47. The van der Waals surface area contributed by atoms with Gasteiger partial charge in [0.05, 0.1) is 10.6 Å². The van der Waals surface area contributed by atoms with Crippen LogP contribution in [0.15, 0.2) is 41.6 Å². The highest BCUT2D eigenvalue weighted by atomic mass is 79.9. The van der Waals surface area contributed by atoms with Gasteiger partial charge < -0.3 is 10.1 Å². The first-order chi connectivity index (χ1) is 13.6. The Balaban J connectivity index is 1.77. The number of fused-ring (bicyclic) bond motifs is 1. The number of rotatable bonds is 5. The van der Waals surface area contributed by atoms with E-state index in [1.54, 1.807) is 20.8 Å². The molecule has 2 aliphatic heterocycles. The van der Waals surface area contributed by atoms with Crippen LogP contribution >= 0.6 is 43.6 Å². The van der Waals surface area contributed by atoms with Crippen LogP contribution in [0.3, 0.4) is 0 Å². The fourth-order valence-electron chi connectivity index (χ4n) is 3.13. The molecule has 0 radical (unpaired) electrons. The molecule has 2 unspecified atom stereocenters. The molecule has 1 aromatic carbocycles. The number of carbonyl (C=O) groups is 3. The van der Waals surface area contributed by atoms with E-state index >= 15 is 0 Å². The van der Waals surface area contributed by atoms with Gasteiger partial charge in [-0.2, -0.15) is 0 Å². The van der Waals surface area contributed by atoms with Crippen molar-refractivity contribution in [2.75, 3.05) is 5.33 Å². The van der Waals surface area contributed by atoms with E-state index in [4.69, 9.17) is 4.74 Å². The van der Waals surface area contributed by atoms with Gasteiger partial charge in [0.2, 0.25) is 5.91 Å². The Morgan fingerprint density at radius 1 is 1.24 bits per heavy atom. The summed E-state index contributed by atoms with van der Waals surface area (Å²) in [6.45, 7) is 5.35. The predicted molar refractivity (Wildman–Crippen MR) is 120 cm³/mol. The molecule has 2 heterocycles. The number of benzene rings is 1. The van der Waals surface area contributed by atoms with E-state index in [9.17, 15) is 14.4 Å². The largest absolute Gasteiger partial charge is 0.455 e. The second kappa shape index (κ2) is 8.81. The van der Waals surface area contributed by atoms with Crippen LogP contribution in [0.25, 0.3) is 0 Å². The number of halogens is 2. The van der Waals surface area contributed by atoms with Crippen LogP contribution in [0.4, 0.5) is 0 Å². The Kier molecular flexibility index (Phi) is 6.80. The molecule has 3 rings (SSSR count). The molecule has 0 spiro atoms. The number of carbonyl (C=O) groups excluding carboxylic acids is 3. The van der Waals surface area contributed by atoms with Gasteiger partial charge in [0, 0.05) is 5.33 Å². The van der Waals surface area contributed by atoms with Crippen molar-refractivity contribution in [3.8, 4) is 0 Å². The third kappa shape index (κ3) is 4.88. The van der Waals surface area contributed by atoms with E-state index in [1.807, 2.05) is 30.3 Å². The molecule has 1 fully saturated rings. The quantitative estimate of drug-likeness (QED) is 0.349. The Bertz CT molecular complexity index is 854. The van der Waals surface area contributed by atoms with Gasteiger partial charge in [0.15, 0.2) is 0 Å². The molecular formula is C20H22Br2N2O4S. The first-order valence-corrected chi connectivity index (χ1v) is 12.1. The Morgan fingerprint density at radius 2 is 1.90 bits per heavy atom. The molecule has 2 amide bonds. The van der Waals surface area contributed by atoms with E-state index < -0.39 is 17.6 Å². The molecule has 0 aromatic heterocycles. The molecule has 0 bridgehead atoms. The van der Waals surface area contributed by atoms with Gasteiger partial charge in [0.25, 0.3) is 5.91 Å². The van der Waals surface area contributed by atoms with E-state index in [2.05, 4.69) is 37.2 Å². The molecule has 0 aliphatic carbocycles. The molecule has 6 nitrogen and oxygen atoms in total. The number of ether oxygens (including phenoxy) is 1. The summed E-state index contributed by atoms with van der Waals surface area (Å²) in [7, 11) is 0. The van der Waals surface area contributed by atoms with Gasteiger partial charge in [-0.25, -0.2) is 4.79 Å². The summed E-state index contributed by atoms with van der Waals surface area (Å²) in [4.78, 5) is 39.6. The van der Waals surface area contributed by atoms with Crippen molar-refractivity contribution in [1.82, 2.24) is 10.2 Å². The van der Waals surface area contributed by atoms with Gasteiger partial charge in [-0.1, -0.05) is 62.2 Å². The predicted octanol–water partition coefficient (Wildman–Crippen LogP) is 3.34. The van der Waals surface area contributed by atoms with Gasteiger partial charge >= 0.3 is 5.97 Å². The molecule has 156 valence electrons. The monoisotopic (exact) mass is 544 g/mol. The maximum absolute atomic E-state index is 12.9. The lowest BCUT2D eigenvalue weighted by Crippen LogP contribution is -2.71. The number of amides is 2. The van der Waals surface area contributed by atoms with E-state index in [0.29, 0.717) is 5.33 Å². The summed E-state index contributed by atoms with van der Waals surface area (Å²) in [6, 6.07) is 8.67. The summed E-state index contributed by atoms with van der Waals surface area (Å²) in [5.74, 6) is -1.07. The van der Waals surface area contributed by atoms with E-state index in [-0.39, 0.29) is 33.5 Å². The van der Waals surface area contributed by atoms with Crippen molar-refractivity contribution in [3.05, 3.63) is 47.2 Å². The van der Waals surface area contributed by atoms with Crippen LogP contribution in [0.1, 0.15) is 26.3 Å². The Morgan fingerprint density at radius 3 is 2.48 bits per heavy atom. The number of β-lactam (4-membered cyclic amide) rings is 1. The second-order valence-electron chi connectivity index (χ2n) is 7.77. The number of nitrogens with zero attached hydrogens (tertiary/aromatic N) is 1. The summed E-state index contributed by atoms with van der Waals surface area (Å²) >= 11 is 8.48. The van der Waals surface area contributed by atoms with Crippen molar-refractivity contribution in [2.45, 2.75) is 48.4 Å². The first-order valence-electron chi connectivity index (χ1n) is 9.10. The zero-order chi connectivity index (χ0) is 21.3. The van der Waals surface area contributed by atoms with Crippen LogP contribution in [-0.4, -0.2) is 49.2 Å². The Labute approximate surface area is 191 Å². The summed E-state index contributed by atoms with van der Waals surface area (Å²) in [5.41, 5.74) is 1.18. The summed E-state index contributed by atoms with van der Waals surface area (Å²) in [5, 5.41) is 2.88. The highest BCUT2D eigenvalue weighted by Crippen LogP contribution is 2.47. The minimum absolute atomic E-state index is 0.174. The van der Waals surface area contributed by atoms with Crippen molar-refractivity contribution in [3.63, 3.8) is 0 Å². The van der Waals surface area contributed by atoms with Crippen molar-refractivity contribution >= 4 is 61.4 Å². The minimum Gasteiger partial charge on any atom is -0.455 e. The molecule has 9 heteroatoms. The normalized spacial score (nSPS) is 24.0. The van der Waals surface area contributed by atoms with Crippen molar-refractivity contribution < 1.29 is 19.1 Å². The molecular weight excluding hydrogens is 524 g/mol. The molecule has 2 aliphatic rings. The van der Waals surface area contributed by atoms with Gasteiger partial charge in [-0.15, -0.1) is 11.8 Å². The molecule has 1 N–H and O–H groups in total. The van der Waals surface area contributed by atoms with Crippen LogP contribution in [-0.2, 0) is 25.5 Å². The number of thioether (sulfide) groups is 1. The molecule has 1 saturated heterocycles. The molecule has 3 atom stereocenters. The standard InChI is InChI=1S/C20H22Br2N2O4S/c1-20(2,3)28-19(27)15-12(10-21)16(22)29-18-14(17(26)24(15)18)23-13(25)9-11-7-5-4-6-8-11/h4-8,14,16,18H,9-10H2,1-3H3,(H,23,25)/t14?,16?,18-/m0/s1. The summed E-state index contributed by atoms with van der Waals surface area (Å²) < 4.78 is 5.35. The number of nitrogens with one attached hydrogen (secondary N) is 1. The smallest absolute Gasteiger partial charge is 0.355 e. The van der Waals surface area contributed by atoms with Gasteiger partial charge in [-0.05, 0) is 31.9 Å². The third-order valence-electron chi connectivity index (χ3n) is 4.38. The lowest BCUT2D eigenvalue weighted by atomic mass is 10.0. The second-order valence-corrected chi connectivity index (χ2v) is 11.1. The highest BCUT2D eigenvalue weighted by Gasteiger charge is 2.56. The zero-order valence-electron chi connectivity index (χ0n) is 16.3. The van der Waals surface area contributed by atoms with Crippen molar-refractivity contribution in [1.29, 1.82) is 0 Å². The van der Waals surface area contributed by atoms with Crippen molar-refractivity contribution in [2.24, 2.45) is 0 Å². The number of esters is 1. The molecule has 1 aromatic rings. The minimum atomic E-state index is -0.680. The maximum Gasteiger partial charge on any atom is 0.355 e. The van der Waals surface area contributed by atoms with Crippen LogP contribution in [0.2, 0.25) is 0 Å². The number of hydrogen-bond acceptors (Lipinski definition) is 5. The topological polar surface area (TPSA) is 75.7 Å². The number of hydrogen-bond donors (Lipinski definition) is 1. The van der Waals surface area contributed by atoms with E-state index in [1.165, 1.54) is 16.7 Å². The fourth-order valence-corrected chi connectivity index (χ4v) is 6.68. The van der Waals surface area contributed by atoms with E-state index in [0.717, 1.165) is 11.1 Å². The van der Waals surface area contributed by atoms with Crippen LogP contribution in [0, 0.1) is 0 Å². The highest BCUT2D eigenvalue weighted by molar-refractivity contribution is 9.11. The number of alkyl halides is 2. The van der Waals surface area contributed by atoms with Gasteiger partial charge in [0.1, 0.15) is 22.7 Å². The average molecular weight is 546 g/mol. The fraction of sp³-hybridized carbons (Fsp3) is 0.450. The zero-order valence-corrected chi connectivity index (χ0v) is 20.3. The van der Waals surface area contributed by atoms with Crippen LogP contribution in [0.5, 0.6) is 0 Å². The average Bonchev–Trinajstić information content (AvgIpc) is 2.64. The Hall–Kier alpha value is -1.32. The molecule has 0 saturated carbocycles. The lowest BCUT2D eigenvalue weighted by molar-refractivity contribution is -0.159.